The molecule has 0 spiro atoms. The molecule has 2 aromatic rings. The first kappa shape index (κ1) is 12.4. The van der Waals surface area contributed by atoms with E-state index in [9.17, 15) is 4.79 Å². The van der Waals surface area contributed by atoms with Gasteiger partial charge in [0.05, 0.1) is 12.1 Å². The first-order chi connectivity index (χ1) is 10.2. The van der Waals surface area contributed by atoms with Crippen LogP contribution in [0.2, 0.25) is 0 Å². The van der Waals surface area contributed by atoms with Crippen molar-refractivity contribution in [2.75, 3.05) is 11.4 Å². The molecule has 0 amide bonds. The molecule has 4 rings (SSSR count). The quantitative estimate of drug-likeness (QED) is 0.927. The highest BCUT2D eigenvalue weighted by atomic mass is 16.5. The Morgan fingerprint density at radius 3 is 3.05 bits per heavy atom. The van der Waals surface area contributed by atoms with Crippen molar-refractivity contribution in [3.05, 3.63) is 41.0 Å². The van der Waals surface area contributed by atoms with E-state index in [1.165, 1.54) is 5.56 Å². The van der Waals surface area contributed by atoms with E-state index in [1.54, 1.807) is 12.1 Å². The average Bonchev–Trinajstić information content (AvgIpc) is 3.10. The summed E-state index contributed by atoms with van der Waals surface area (Å²) in [6, 6.07) is 5.27. The van der Waals surface area contributed by atoms with E-state index in [-0.39, 0.29) is 0 Å². The Labute approximate surface area is 121 Å². The van der Waals surface area contributed by atoms with Crippen LogP contribution >= 0.6 is 0 Å². The normalized spacial score (nSPS) is 17.0. The number of carboxylic acid groups (broad SMARTS) is 1. The van der Waals surface area contributed by atoms with Crippen molar-refractivity contribution >= 4 is 11.7 Å². The van der Waals surface area contributed by atoms with Crippen LogP contribution < -0.4 is 4.90 Å². The smallest absolute Gasteiger partial charge is 0.335 e. The third kappa shape index (κ3) is 2.26. The lowest BCUT2D eigenvalue weighted by Crippen LogP contribution is -2.20. The molecule has 6 nitrogen and oxygen atoms in total. The topological polar surface area (TPSA) is 79.5 Å². The Hall–Kier alpha value is -2.37. The summed E-state index contributed by atoms with van der Waals surface area (Å²) in [6.45, 7) is 1.38. The molecule has 1 fully saturated rings. The summed E-state index contributed by atoms with van der Waals surface area (Å²) in [5, 5.41) is 13.1. The molecular formula is C15H15N3O3. The van der Waals surface area contributed by atoms with E-state index in [1.807, 2.05) is 6.07 Å². The molecule has 2 aliphatic rings. The maximum absolute atomic E-state index is 11.1. The van der Waals surface area contributed by atoms with Gasteiger partial charge >= 0.3 is 5.97 Å². The highest BCUT2D eigenvalue weighted by Gasteiger charge is 2.29. The summed E-state index contributed by atoms with van der Waals surface area (Å²) in [5.41, 5.74) is 2.44. The Balaban J connectivity index is 1.57. The number of fused-ring (bicyclic) bond motifs is 1. The predicted molar refractivity (Wildman–Crippen MR) is 74.4 cm³/mol. The van der Waals surface area contributed by atoms with Gasteiger partial charge < -0.3 is 14.5 Å². The summed E-state index contributed by atoms with van der Waals surface area (Å²) < 4.78 is 5.30. The Morgan fingerprint density at radius 2 is 2.29 bits per heavy atom. The molecule has 0 unspecified atom stereocenters. The number of aromatic nitrogens is 2. The average molecular weight is 285 g/mol. The lowest BCUT2D eigenvalue weighted by atomic mass is 10.1. The monoisotopic (exact) mass is 285 g/mol. The van der Waals surface area contributed by atoms with Crippen LogP contribution in [0.4, 0.5) is 5.69 Å². The van der Waals surface area contributed by atoms with Gasteiger partial charge in [-0.3, -0.25) is 0 Å². The maximum Gasteiger partial charge on any atom is 0.335 e. The Bertz CT molecular complexity index is 706. The molecule has 1 aliphatic carbocycles. The van der Waals surface area contributed by atoms with E-state index < -0.39 is 5.97 Å². The fraction of sp³-hybridized carbons (Fsp3) is 0.400. The van der Waals surface area contributed by atoms with Crippen LogP contribution in [-0.2, 0) is 13.0 Å². The minimum Gasteiger partial charge on any atom is -0.478 e. The number of anilines is 1. The third-order valence-electron chi connectivity index (χ3n) is 4.08. The molecule has 0 saturated heterocycles. The van der Waals surface area contributed by atoms with Crippen molar-refractivity contribution in [1.82, 2.24) is 10.1 Å². The van der Waals surface area contributed by atoms with Gasteiger partial charge in [0.2, 0.25) is 5.89 Å². The SMILES string of the molecule is O=C(O)c1ccc2c(c1)N(Cc1nc(C3CC3)no1)CC2. The number of carboxylic acids is 1. The summed E-state index contributed by atoms with van der Waals surface area (Å²) in [4.78, 5) is 17.6. The van der Waals surface area contributed by atoms with Gasteiger partial charge in [0.15, 0.2) is 5.82 Å². The maximum atomic E-state index is 11.1. The largest absolute Gasteiger partial charge is 0.478 e. The number of rotatable bonds is 4. The predicted octanol–water partition coefficient (Wildman–Crippen LogP) is 2.21. The highest BCUT2D eigenvalue weighted by molar-refractivity contribution is 5.89. The lowest BCUT2D eigenvalue weighted by molar-refractivity contribution is 0.0697. The minimum atomic E-state index is -0.904. The van der Waals surface area contributed by atoms with Crippen LogP contribution in [-0.4, -0.2) is 27.8 Å². The molecule has 1 saturated carbocycles. The van der Waals surface area contributed by atoms with Gasteiger partial charge in [-0.1, -0.05) is 11.2 Å². The van der Waals surface area contributed by atoms with Gasteiger partial charge in [0.25, 0.3) is 0 Å². The molecule has 1 aromatic heterocycles. The lowest BCUT2D eigenvalue weighted by Gasteiger charge is -2.17. The molecule has 2 heterocycles. The number of hydrogen-bond acceptors (Lipinski definition) is 5. The zero-order valence-electron chi connectivity index (χ0n) is 11.5. The molecule has 0 atom stereocenters. The van der Waals surface area contributed by atoms with E-state index >= 15 is 0 Å². The van der Waals surface area contributed by atoms with Crippen LogP contribution in [0.25, 0.3) is 0 Å². The van der Waals surface area contributed by atoms with Gasteiger partial charge in [0.1, 0.15) is 0 Å². The molecule has 6 heteroatoms. The fourth-order valence-corrected chi connectivity index (χ4v) is 2.75. The van der Waals surface area contributed by atoms with E-state index in [4.69, 9.17) is 9.63 Å². The summed E-state index contributed by atoms with van der Waals surface area (Å²) >= 11 is 0. The van der Waals surface area contributed by atoms with Crippen molar-refractivity contribution in [3.8, 4) is 0 Å². The van der Waals surface area contributed by atoms with Crippen LogP contribution in [0, 0.1) is 0 Å². The number of hydrogen-bond donors (Lipinski definition) is 1. The van der Waals surface area contributed by atoms with Gasteiger partial charge in [-0.05, 0) is 37.0 Å². The summed E-state index contributed by atoms with van der Waals surface area (Å²) in [7, 11) is 0. The van der Waals surface area contributed by atoms with Crippen molar-refractivity contribution in [2.24, 2.45) is 0 Å². The zero-order valence-corrected chi connectivity index (χ0v) is 11.5. The zero-order chi connectivity index (χ0) is 14.4. The number of benzene rings is 1. The highest BCUT2D eigenvalue weighted by Crippen LogP contribution is 2.38. The van der Waals surface area contributed by atoms with Crippen molar-refractivity contribution in [1.29, 1.82) is 0 Å². The summed E-state index contributed by atoms with van der Waals surface area (Å²) in [6.07, 6.45) is 3.21. The first-order valence-corrected chi connectivity index (χ1v) is 7.14. The molecule has 1 aromatic carbocycles. The van der Waals surface area contributed by atoms with Crippen LogP contribution in [0.5, 0.6) is 0 Å². The van der Waals surface area contributed by atoms with Gasteiger partial charge in [-0.2, -0.15) is 4.98 Å². The van der Waals surface area contributed by atoms with E-state index in [0.717, 1.165) is 37.3 Å². The van der Waals surface area contributed by atoms with Crippen molar-refractivity contribution in [2.45, 2.75) is 31.7 Å². The molecule has 21 heavy (non-hydrogen) atoms. The third-order valence-corrected chi connectivity index (χ3v) is 4.08. The van der Waals surface area contributed by atoms with Crippen LogP contribution in [0.1, 0.15) is 46.4 Å². The fourth-order valence-electron chi connectivity index (χ4n) is 2.75. The number of carbonyl (C=O) groups is 1. The molecule has 108 valence electrons. The Kier molecular flexibility index (Phi) is 2.70. The second kappa shape index (κ2) is 4.58. The second-order valence-corrected chi connectivity index (χ2v) is 5.64. The molecular weight excluding hydrogens is 270 g/mol. The standard InChI is InChI=1S/C15H15N3O3/c19-15(20)11-4-1-9-5-6-18(12(9)7-11)8-13-16-14(17-21-13)10-2-3-10/h1,4,7,10H,2-3,5-6,8H2,(H,19,20). The van der Waals surface area contributed by atoms with E-state index in [2.05, 4.69) is 15.0 Å². The molecule has 1 N–H and O–H groups in total. The van der Waals surface area contributed by atoms with Crippen LogP contribution in [0.3, 0.4) is 0 Å². The number of nitrogens with zero attached hydrogens (tertiary/aromatic N) is 3. The van der Waals surface area contributed by atoms with Crippen molar-refractivity contribution < 1.29 is 14.4 Å². The van der Waals surface area contributed by atoms with Crippen LogP contribution in [0.15, 0.2) is 22.7 Å². The molecule has 1 aliphatic heterocycles. The molecule has 0 radical (unpaired) electrons. The minimum absolute atomic E-state index is 0.310. The molecule has 0 bridgehead atoms. The van der Waals surface area contributed by atoms with Gasteiger partial charge in [0, 0.05) is 18.2 Å². The van der Waals surface area contributed by atoms with Crippen molar-refractivity contribution in [3.63, 3.8) is 0 Å². The summed E-state index contributed by atoms with van der Waals surface area (Å²) in [5.74, 6) is 0.986. The van der Waals surface area contributed by atoms with E-state index in [0.29, 0.717) is 23.9 Å². The number of aromatic carboxylic acids is 1. The van der Waals surface area contributed by atoms with Gasteiger partial charge in [-0.15, -0.1) is 0 Å². The Morgan fingerprint density at radius 1 is 1.43 bits per heavy atom. The second-order valence-electron chi connectivity index (χ2n) is 5.64. The van der Waals surface area contributed by atoms with Gasteiger partial charge in [-0.25, -0.2) is 4.79 Å². The first-order valence-electron chi connectivity index (χ1n) is 7.14.